The molecular weight excluding hydrogens is 184 g/mol. The van der Waals surface area contributed by atoms with E-state index in [0.29, 0.717) is 0 Å². The van der Waals surface area contributed by atoms with Crippen LogP contribution in [0.25, 0.3) is 0 Å². The minimum Gasteiger partial charge on any atom is -0.347 e. The Morgan fingerprint density at radius 2 is 1.93 bits per heavy atom. The number of hydrogen-bond donors (Lipinski definition) is 0. The van der Waals surface area contributed by atoms with Crippen LogP contribution < -0.4 is 0 Å². The predicted octanol–water partition coefficient (Wildman–Crippen LogP) is 2.81. The predicted molar refractivity (Wildman–Crippen MR) is 61.8 cm³/mol. The summed E-state index contributed by atoms with van der Waals surface area (Å²) in [6, 6.07) is 5.34. The molecule has 2 aliphatic rings. The number of hydrogen-bond acceptors (Lipinski definition) is 1. The Morgan fingerprint density at radius 1 is 1.13 bits per heavy atom. The van der Waals surface area contributed by atoms with Crippen LogP contribution in [0, 0.1) is 0 Å². The average Bonchev–Trinajstić information content (AvgIpc) is 3.02. The number of likely N-dealkylation sites (tertiary alicyclic amines) is 1. The molecule has 0 unspecified atom stereocenters. The van der Waals surface area contributed by atoms with Gasteiger partial charge in [-0.05, 0) is 50.9 Å². The van der Waals surface area contributed by atoms with Crippen LogP contribution >= 0.6 is 0 Å². The molecule has 2 nitrogen and oxygen atoms in total. The smallest absolute Gasteiger partial charge is 0.0387 e. The summed E-state index contributed by atoms with van der Waals surface area (Å²) in [4.78, 5) is 2.61. The average molecular weight is 204 g/mol. The van der Waals surface area contributed by atoms with E-state index in [1.807, 2.05) is 0 Å². The van der Waals surface area contributed by atoms with E-state index < -0.39 is 0 Å². The number of piperidine rings is 1. The first-order valence-corrected chi connectivity index (χ1v) is 6.31. The molecule has 0 spiro atoms. The number of rotatable bonds is 3. The molecule has 2 heterocycles. The van der Waals surface area contributed by atoms with E-state index in [0.717, 1.165) is 6.04 Å². The third kappa shape index (κ3) is 2.10. The molecule has 1 saturated carbocycles. The van der Waals surface area contributed by atoms with Gasteiger partial charge in [0.15, 0.2) is 0 Å². The van der Waals surface area contributed by atoms with Crippen molar-refractivity contribution in [2.45, 2.75) is 44.7 Å². The summed E-state index contributed by atoms with van der Waals surface area (Å²) in [6.45, 7) is 3.77. The third-order valence-corrected chi connectivity index (χ3v) is 3.64. The van der Waals surface area contributed by atoms with Gasteiger partial charge in [0.05, 0.1) is 0 Å². The van der Waals surface area contributed by atoms with Gasteiger partial charge in [0.2, 0.25) is 0 Å². The van der Waals surface area contributed by atoms with Crippen molar-refractivity contribution in [2.75, 3.05) is 13.1 Å². The summed E-state index contributed by atoms with van der Waals surface area (Å²) in [5.74, 6) is 0. The standard InChI is InChI=1S/C13H20N2/c1-2-8-14(9-3-1)11-13-5-4-10-15(13)12-6-7-12/h4-5,10,12H,1-3,6-9,11H2. The van der Waals surface area contributed by atoms with Gasteiger partial charge in [-0.25, -0.2) is 0 Å². The molecule has 2 fully saturated rings. The zero-order valence-corrected chi connectivity index (χ0v) is 9.36. The van der Waals surface area contributed by atoms with Crippen molar-refractivity contribution in [2.24, 2.45) is 0 Å². The molecule has 2 heteroatoms. The van der Waals surface area contributed by atoms with Gasteiger partial charge >= 0.3 is 0 Å². The highest BCUT2D eigenvalue weighted by Crippen LogP contribution is 2.36. The maximum atomic E-state index is 2.61. The van der Waals surface area contributed by atoms with E-state index in [2.05, 4.69) is 27.8 Å². The fraction of sp³-hybridized carbons (Fsp3) is 0.692. The summed E-state index contributed by atoms with van der Waals surface area (Å²) < 4.78 is 2.49. The lowest BCUT2D eigenvalue weighted by Crippen LogP contribution is -2.29. The molecule has 1 saturated heterocycles. The molecule has 1 aliphatic carbocycles. The van der Waals surface area contributed by atoms with Crippen LogP contribution in [0.3, 0.4) is 0 Å². The maximum Gasteiger partial charge on any atom is 0.0387 e. The highest BCUT2D eigenvalue weighted by atomic mass is 15.2. The highest BCUT2D eigenvalue weighted by molar-refractivity contribution is 5.10. The van der Waals surface area contributed by atoms with Crippen molar-refractivity contribution in [3.8, 4) is 0 Å². The maximum absolute atomic E-state index is 2.61. The molecule has 0 radical (unpaired) electrons. The summed E-state index contributed by atoms with van der Waals surface area (Å²) in [5.41, 5.74) is 1.53. The van der Waals surface area contributed by atoms with E-state index in [4.69, 9.17) is 0 Å². The summed E-state index contributed by atoms with van der Waals surface area (Å²) in [5, 5.41) is 0. The van der Waals surface area contributed by atoms with Crippen molar-refractivity contribution < 1.29 is 0 Å². The second-order valence-electron chi connectivity index (χ2n) is 4.97. The minimum absolute atomic E-state index is 0.833. The van der Waals surface area contributed by atoms with Gasteiger partial charge < -0.3 is 4.57 Å². The molecule has 0 bridgehead atoms. The van der Waals surface area contributed by atoms with Crippen molar-refractivity contribution in [1.82, 2.24) is 9.47 Å². The molecule has 0 amide bonds. The van der Waals surface area contributed by atoms with Crippen LogP contribution in [-0.2, 0) is 6.54 Å². The number of aromatic nitrogens is 1. The molecule has 0 N–H and O–H groups in total. The topological polar surface area (TPSA) is 8.17 Å². The van der Waals surface area contributed by atoms with Gasteiger partial charge in [-0.2, -0.15) is 0 Å². The van der Waals surface area contributed by atoms with Crippen molar-refractivity contribution in [1.29, 1.82) is 0 Å². The number of nitrogens with zero attached hydrogens (tertiary/aromatic N) is 2. The van der Waals surface area contributed by atoms with Crippen molar-refractivity contribution in [3.63, 3.8) is 0 Å². The summed E-state index contributed by atoms with van der Waals surface area (Å²) >= 11 is 0. The van der Waals surface area contributed by atoms with E-state index in [-0.39, 0.29) is 0 Å². The molecule has 82 valence electrons. The lowest BCUT2D eigenvalue weighted by Gasteiger charge is -2.26. The lowest BCUT2D eigenvalue weighted by molar-refractivity contribution is 0.216. The first kappa shape index (κ1) is 9.46. The zero-order chi connectivity index (χ0) is 10.1. The SMILES string of the molecule is c1cc(CN2CCCCC2)n(C2CC2)c1. The Bertz CT molecular complexity index is 319. The van der Waals surface area contributed by atoms with Gasteiger partial charge in [0, 0.05) is 24.5 Å². The molecule has 1 aromatic rings. The Kier molecular flexibility index (Phi) is 2.53. The van der Waals surface area contributed by atoms with Crippen LogP contribution in [0.15, 0.2) is 18.3 Å². The minimum atomic E-state index is 0.833. The zero-order valence-electron chi connectivity index (χ0n) is 9.36. The van der Waals surface area contributed by atoms with Crippen LogP contribution in [-0.4, -0.2) is 22.6 Å². The highest BCUT2D eigenvalue weighted by Gasteiger charge is 2.25. The second-order valence-corrected chi connectivity index (χ2v) is 4.97. The van der Waals surface area contributed by atoms with Gasteiger partial charge in [-0.3, -0.25) is 4.90 Å². The Balaban J connectivity index is 1.67. The monoisotopic (exact) mass is 204 g/mol. The van der Waals surface area contributed by atoms with E-state index >= 15 is 0 Å². The van der Waals surface area contributed by atoms with Crippen molar-refractivity contribution >= 4 is 0 Å². The largest absolute Gasteiger partial charge is 0.347 e. The quantitative estimate of drug-likeness (QED) is 0.735. The van der Waals surface area contributed by atoms with E-state index in [1.165, 1.54) is 57.4 Å². The van der Waals surface area contributed by atoms with Gasteiger partial charge in [0.25, 0.3) is 0 Å². The second kappa shape index (κ2) is 4.01. The molecule has 15 heavy (non-hydrogen) atoms. The Morgan fingerprint density at radius 3 is 2.67 bits per heavy atom. The Hall–Kier alpha value is -0.760. The van der Waals surface area contributed by atoms with Gasteiger partial charge in [0.1, 0.15) is 0 Å². The van der Waals surface area contributed by atoms with Crippen LogP contribution in [0.2, 0.25) is 0 Å². The normalized spacial score (nSPS) is 23.2. The fourth-order valence-electron chi connectivity index (χ4n) is 2.62. The summed E-state index contributed by atoms with van der Waals surface area (Å²) in [7, 11) is 0. The van der Waals surface area contributed by atoms with Crippen LogP contribution in [0.5, 0.6) is 0 Å². The summed E-state index contributed by atoms with van der Waals surface area (Å²) in [6.07, 6.45) is 9.26. The van der Waals surface area contributed by atoms with Crippen molar-refractivity contribution in [3.05, 3.63) is 24.0 Å². The molecule has 1 aromatic heterocycles. The lowest BCUT2D eigenvalue weighted by atomic mass is 10.1. The van der Waals surface area contributed by atoms with Crippen LogP contribution in [0.4, 0.5) is 0 Å². The van der Waals surface area contributed by atoms with Gasteiger partial charge in [-0.1, -0.05) is 6.42 Å². The van der Waals surface area contributed by atoms with Gasteiger partial charge in [-0.15, -0.1) is 0 Å². The first-order chi connectivity index (χ1) is 7.43. The molecule has 1 aliphatic heterocycles. The molecule has 0 aromatic carbocycles. The van der Waals surface area contributed by atoms with E-state index in [1.54, 1.807) is 0 Å². The molecular formula is C13H20N2. The molecule has 0 atom stereocenters. The van der Waals surface area contributed by atoms with E-state index in [9.17, 15) is 0 Å². The van der Waals surface area contributed by atoms with Crippen LogP contribution in [0.1, 0.15) is 43.8 Å². The molecule has 3 rings (SSSR count). The first-order valence-electron chi connectivity index (χ1n) is 6.31. The third-order valence-electron chi connectivity index (χ3n) is 3.64. The fourth-order valence-corrected chi connectivity index (χ4v) is 2.62. The Labute approximate surface area is 91.9 Å².